The number of sulfonamides is 1. The molecule has 13 N–H and O–H groups in total. The minimum Gasteiger partial charge on any atom is -0.497 e. The van der Waals surface area contributed by atoms with Crippen LogP contribution in [0.25, 0.3) is 21.8 Å². The number of aromatic nitrogens is 4. The number of para-hydroxylation sites is 2. The molecule has 32 nitrogen and oxygen atoms in total. The van der Waals surface area contributed by atoms with Gasteiger partial charge < -0.3 is 86.4 Å². The average Bonchev–Trinajstić information content (AvgIpc) is 1.73. The van der Waals surface area contributed by atoms with Gasteiger partial charge in [0.25, 0.3) is 10.0 Å². The van der Waals surface area contributed by atoms with Gasteiger partial charge >= 0.3 is 0 Å². The number of hydrogen-bond acceptors (Lipinski definition) is 17. The summed E-state index contributed by atoms with van der Waals surface area (Å²) >= 11 is 0. The third-order valence-electron chi connectivity index (χ3n) is 25.3. The molecule has 0 radical (unpaired) electrons. The maximum atomic E-state index is 16.1. The molecule has 0 bridgehead atoms. The van der Waals surface area contributed by atoms with Crippen molar-refractivity contribution in [3.05, 3.63) is 250 Å². The summed E-state index contributed by atoms with van der Waals surface area (Å²) in [4.78, 5) is 169. The first-order valence-corrected chi connectivity index (χ1v) is 46.8. The molecule has 0 saturated carbocycles. The molecule has 3 fully saturated rings. The molecule has 0 aliphatic carbocycles. The van der Waals surface area contributed by atoms with Crippen LogP contribution in [0.15, 0.2) is 194 Å². The fraction of sp³-hybridized carbons (Fsp3) is 0.400. The first-order chi connectivity index (χ1) is 63.6. The predicted octanol–water partition coefficient (Wildman–Crippen LogP) is 7.86. The zero-order valence-electron chi connectivity index (χ0n) is 76.8. The van der Waals surface area contributed by atoms with Crippen LogP contribution in [0, 0.1) is 32.1 Å². The summed E-state index contributed by atoms with van der Waals surface area (Å²) in [6.45, 7) is 16.7. The molecule has 9 atom stereocenters. The number of imidazole rings is 1. The second kappa shape index (κ2) is 41.0. The fourth-order valence-corrected chi connectivity index (χ4v) is 19.9. The summed E-state index contributed by atoms with van der Waals surface area (Å²) in [5.41, 5.74) is 5.68. The number of carbonyl (C=O) groups excluding carboxylic acids is 10. The normalized spacial score (nSPS) is 21.2. The van der Waals surface area contributed by atoms with Crippen LogP contribution in [0.1, 0.15) is 148 Å². The molecule has 4 aliphatic heterocycles. The van der Waals surface area contributed by atoms with Crippen LogP contribution in [0.2, 0.25) is 0 Å². The lowest BCUT2D eigenvalue weighted by atomic mass is 9.77. The molecule has 14 rings (SSSR count). The molecular weight excluding hydrogens is 1710 g/mol. The summed E-state index contributed by atoms with van der Waals surface area (Å²) in [6.07, 6.45) is 6.73. The lowest BCUT2D eigenvalue weighted by Gasteiger charge is -2.42. The fourth-order valence-electron chi connectivity index (χ4n) is 18.3. The highest BCUT2D eigenvalue weighted by molar-refractivity contribution is 7.90. The van der Waals surface area contributed by atoms with E-state index < -0.39 is 159 Å². The van der Waals surface area contributed by atoms with Gasteiger partial charge in [0.2, 0.25) is 65.0 Å². The summed E-state index contributed by atoms with van der Waals surface area (Å²) in [5.74, 6) is -7.94. The van der Waals surface area contributed by atoms with Crippen LogP contribution < -0.4 is 62.0 Å². The number of rotatable bonds is 23. The number of amides is 10. The van der Waals surface area contributed by atoms with Crippen molar-refractivity contribution in [1.29, 1.82) is 5.41 Å². The topological polar surface area (TPSA) is 433 Å². The number of benzene rings is 7. The first-order valence-electron chi connectivity index (χ1n) is 45.3. The molecule has 4 aliphatic rings. The van der Waals surface area contributed by atoms with E-state index in [4.69, 9.17) is 24.6 Å². The third kappa shape index (κ3) is 22.1. The van der Waals surface area contributed by atoms with Crippen molar-refractivity contribution < 1.29 is 70.6 Å². The van der Waals surface area contributed by atoms with E-state index in [0.717, 1.165) is 22.3 Å². The molecule has 700 valence electrons. The van der Waals surface area contributed by atoms with Gasteiger partial charge in [-0.1, -0.05) is 153 Å². The van der Waals surface area contributed by atoms with Gasteiger partial charge in [-0.3, -0.25) is 53.4 Å². The van der Waals surface area contributed by atoms with Gasteiger partial charge in [-0.05, 0) is 174 Å². The molecule has 7 heterocycles. The van der Waals surface area contributed by atoms with Crippen molar-refractivity contribution in [3.8, 4) is 11.5 Å². The Morgan fingerprint density at radius 3 is 1.61 bits per heavy atom. The number of ether oxygens (including phenoxy) is 3. The van der Waals surface area contributed by atoms with Gasteiger partial charge in [0.15, 0.2) is 0 Å². The molecule has 0 spiro atoms. The molecule has 133 heavy (non-hydrogen) atoms. The Hall–Kier alpha value is -13.7. The van der Waals surface area contributed by atoms with E-state index in [0.29, 0.717) is 85.2 Å². The van der Waals surface area contributed by atoms with E-state index in [-0.39, 0.29) is 88.2 Å². The van der Waals surface area contributed by atoms with Crippen molar-refractivity contribution in [2.45, 2.75) is 216 Å². The molecule has 7 aromatic carbocycles. The number of methoxy groups -OCH3 is 1. The number of guanidine groups is 1. The number of hydrogen-bond donors (Lipinski definition) is 13. The van der Waals surface area contributed by atoms with E-state index in [1.165, 1.54) is 16.9 Å². The van der Waals surface area contributed by atoms with E-state index in [2.05, 4.69) is 62.5 Å². The molecule has 3 aromatic heterocycles. The van der Waals surface area contributed by atoms with Gasteiger partial charge in [-0.15, -0.1) is 0 Å². The highest BCUT2D eigenvalue weighted by Crippen LogP contribution is 2.45. The zero-order chi connectivity index (χ0) is 94.8. The Morgan fingerprint density at radius 2 is 1.07 bits per heavy atom. The minimum atomic E-state index is -4.39. The van der Waals surface area contributed by atoms with Crippen molar-refractivity contribution in [3.63, 3.8) is 0 Å². The SMILES string of the molecule is COc1ccc(C[C@@H]2NC(=O)[C@H](COC(C)(C)C)NC(=O)[C@H](Cc3c[nH]c4ccccc34)NC(=O)[C@H](Cc3cn(C(c4ccccc4)(c4ccccc4)c4ccccc4)cn3)NC(=O)[C@@H]3CCCN3C(=O)CNC(=O)[C@@H]3CCN3C(=O)[C@H](CCCNC(=N)NS(=O)(=O)c3c(C)c(C)c4c(c3C)CC(C)(C)O4)NC(=O)[C@H](CC(C)C)NC(=O)[C@@H](Cc3c[nH]c4ccccc34)NC2=O)cc1. The van der Waals surface area contributed by atoms with E-state index in [1.807, 2.05) is 172 Å². The van der Waals surface area contributed by atoms with Gasteiger partial charge in [0.1, 0.15) is 77.0 Å². The minimum absolute atomic E-state index is 0.00104. The van der Waals surface area contributed by atoms with Gasteiger partial charge in [-0.2, -0.15) is 0 Å². The predicted molar refractivity (Wildman–Crippen MR) is 502 cm³/mol. The Balaban J connectivity index is 0.825. The maximum absolute atomic E-state index is 16.1. The molecule has 3 saturated heterocycles. The molecular formula is C100H119N17O15S. The Bertz CT molecular complexity index is 5990. The van der Waals surface area contributed by atoms with E-state index in [1.54, 1.807) is 90.7 Å². The average molecular weight is 1830 g/mol. The standard InChI is InChI=1S/C100H119N17O15S/c1-59(2)47-77-88(119)107-76(37-25-44-102-97(101)114-133(128,129)87-61(4)60(3)86-73(62(87)5)52-99(9,10)132-86)96(127)117-46-43-84(117)94(125)105-55-85(118)116-45-26-38-83(116)95(126)112-81(51-69-56-115(58-106-69)100(66-27-15-12-16-28-66,67-29-17-13-18-30-67)68-31-19-14-20-32-68)92(123)111-80(50-65-54-104-75-36-24-22-34-72(65)75)91(122)113-82(57-131-98(6,7)8)93(124)109-78(48-63-39-41-70(130-11)42-40-63)89(120)110-79(90(121)108-77)49-64-53-103-74-35-23-21-33-71(64)74/h12-24,27-36,39-42,53-54,56,58-59,76-84,103-104H,25-26,37-38,43-52,55,57H2,1-11H3,(H,105,125)(H,107,119)(H,108,121)(H,109,124)(H,110,120)(H,111,123)(H,112,126)(H,113,122)(H3,101,102,114)/t76-,77-,78-,79+,80-,81-,82-,83-,84-/m0/s1. The number of H-pyrrole nitrogens is 2. The quantitative estimate of drug-likeness (QED) is 0.0125. The summed E-state index contributed by atoms with van der Waals surface area (Å²) in [7, 11) is -2.90. The van der Waals surface area contributed by atoms with Crippen molar-refractivity contribution >= 4 is 96.9 Å². The summed E-state index contributed by atoms with van der Waals surface area (Å²) in [5, 5.41) is 36.3. The first kappa shape index (κ1) is 95.4. The van der Waals surface area contributed by atoms with E-state index >= 15 is 38.4 Å². The maximum Gasteiger partial charge on any atom is 0.264 e. The Labute approximate surface area is 773 Å². The van der Waals surface area contributed by atoms with Gasteiger partial charge in [0, 0.05) is 97.7 Å². The molecule has 10 amide bonds. The molecule has 10 aromatic rings. The highest BCUT2D eigenvalue weighted by atomic mass is 32.2. The lowest BCUT2D eigenvalue weighted by molar-refractivity contribution is -0.150. The van der Waals surface area contributed by atoms with Crippen LogP contribution in [0.3, 0.4) is 0 Å². The number of nitrogens with one attached hydrogen (secondary N) is 13. The number of carbonyl (C=O) groups is 10. The van der Waals surface area contributed by atoms with Crippen LogP contribution in [-0.2, 0) is 100 Å². The third-order valence-corrected chi connectivity index (χ3v) is 26.9. The van der Waals surface area contributed by atoms with Gasteiger partial charge in [0.05, 0.1) is 42.8 Å². The number of fused-ring (bicyclic) bond motifs is 5. The van der Waals surface area contributed by atoms with Crippen molar-refractivity contribution in [2.75, 3.05) is 39.9 Å². The zero-order valence-corrected chi connectivity index (χ0v) is 77.6. The monoisotopic (exact) mass is 1830 g/mol. The van der Waals surface area contributed by atoms with Gasteiger partial charge in [-0.25, -0.2) is 18.1 Å². The second-order valence-electron chi connectivity index (χ2n) is 36.8. The molecule has 0 unspecified atom stereocenters. The number of aromatic amines is 2. The Morgan fingerprint density at radius 1 is 0.571 bits per heavy atom. The summed E-state index contributed by atoms with van der Waals surface area (Å²) < 4.78 is 51.1. The summed E-state index contributed by atoms with van der Waals surface area (Å²) in [6, 6.07) is 37.7. The second-order valence-corrected chi connectivity index (χ2v) is 38.5. The molecule has 33 heteroatoms. The smallest absolute Gasteiger partial charge is 0.264 e. The number of nitrogens with zero attached hydrogens (tertiary/aromatic N) is 4. The highest BCUT2D eigenvalue weighted by Gasteiger charge is 2.46. The van der Waals surface area contributed by atoms with Crippen molar-refractivity contribution in [2.24, 2.45) is 5.92 Å². The largest absolute Gasteiger partial charge is 0.497 e. The van der Waals surface area contributed by atoms with Crippen LogP contribution >= 0.6 is 0 Å². The van der Waals surface area contributed by atoms with E-state index in [9.17, 15) is 18.0 Å². The lowest BCUT2D eigenvalue weighted by Crippen LogP contribution is -2.64. The van der Waals surface area contributed by atoms with Crippen LogP contribution in [0.5, 0.6) is 11.5 Å². The van der Waals surface area contributed by atoms with Crippen LogP contribution in [-0.4, -0.2) is 208 Å². The van der Waals surface area contributed by atoms with Crippen LogP contribution in [0.4, 0.5) is 0 Å². The Kier molecular flexibility index (Phi) is 29.4. The van der Waals surface area contributed by atoms with Crippen molar-refractivity contribution in [1.82, 2.24) is 81.9 Å².